The molecule has 3 rings (SSSR count). The number of rotatable bonds is 5. The quantitative estimate of drug-likeness (QED) is 0.820. The summed E-state index contributed by atoms with van der Waals surface area (Å²) in [6, 6.07) is 9.88. The van der Waals surface area contributed by atoms with Crippen molar-refractivity contribution in [1.82, 2.24) is 9.80 Å². The lowest BCUT2D eigenvalue weighted by Crippen LogP contribution is -2.39. The van der Waals surface area contributed by atoms with Gasteiger partial charge in [-0.15, -0.1) is 0 Å². The zero-order chi connectivity index (χ0) is 16.6. The Labute approximate surface area is 145 Å². The van der Waals surface area contributed by atoms with Crippen LogP contribution in [-0.2, 0) is 11.3 Å². The Bertz CT molecular complexity index is 492. The Kier molecular flexibility index (Phi) is 6.53. The molecule has 2 aliphatic heterocycles. The predicted octanol–water partition coefficient (Wildman–Crippen LogP) is 3.91. The lowest BCUT2D eigenvalue weighted by molar-refractivity contribution is 0.0798. The molecule has 4 nitrogen and oxygen atoms in total. The second kappa shape index (κ2) is 9.07. The van der Waals surface area contributed by atoms with Gasteiger partial charge in [0.2, 0.25) is 0 Å². The van der Waals surface area contributed by atoms with E-state index in [2.05, 4.69) is 4.90 Å². The van der Waals surface area contributed by atoms with Gasteiger partial charge in [-0.25, -0.2) is 4.79 Å². The summed E-state index contributed by atoms with van der Waals surface area (Å²) in [6.45, 7) is 5.86. The molecular formula is C20H30N2O2. The molecule has 0 atom stereocenters. The first-order valence-electron chi connectivity index (χ1n) is 9.49. The highest BCUT2D eigenvalue weighted by molar-refractivity contribution is 5.67. The SMILES string of the molecule is O=C(OCc1ccccc1)N1CCC(CCN2CCCCC2)CC1. The highest BCUT2D eigenvalue weighted by atomic mass is 16.6. The van der Waals surface area contributed by atoms with Crippen LogP contribution in [-0.4, -0.2) is 48.6 Å². The Balaban J connectivity index is 1.33. The van der Waals surface area contributed by atoms with E-state index in [1.165, 1.54) is 45.3 Å². The molecular weight excluding hydrogens is 300 g/mol. The molecule has 1 aromatic carbocycles. The lowest BCUT2D eigenvalue weighted by atomic mass is 9.93. The van der Waals surface area contributed by atoms with Gasteiger partial charge in [-0.3, -0.25) is 0 Å². The van der Waals surface area contributed by atoms with Crippen LogP contribution in [0.25, 0.3) is 0 Å². The van der Waals surface area contributed by atoms with E-state index in [0.29, 0.717) is 6.61 Å². The minimum Gasteiger partial charge on any atom is -0.445 e. The summed E-state index contributed by atoms with van der Waals surface area (Å²) in [6.07, 6.45) is 7.50. The van der Waals surface area contributed by atoms with Crippen LogP contribution in [0.4, 0.5) is 4.79 Å². The van der Waals surface area contributed by atoms with E-state index >= 15 is 0 Å². The van der Waals surface area contributed by atoms with E-state index in [1.54, 1.807) is 0 Å². The molecule has 1 amide bonds. The standard InChI is InChI=1S/C20H30N2O2/c23-20(24-17-19-7-3-1-4-8-19)22-15-10-18(11-16-22)9-14-21-12-5-2-6-13-21/h1,3-4,7-8,18H,2,5-6,9-17H2. The van der Waals surface area contributed by atoms with Crippen LogP contribution in [0, 0.1) is 5.92 Å². The summed E-state index contributed by atoms with van der Waals surface area (Å²) in [5.74, 6) is 0.769. The first-order chi connectivity index (χ1) is 11.8. The second-order valence-electron chi connectivity index (χ2n) is 7.16. The van der Waals surface area contributed by atoms with Gasteiger partial charge in [0, 0.05) is 13.1 Å². The minimum atomic E-state index is -0.159. The molecule has 2 heterocycles. The molecule has 0 N–H and O–H groups in total. The number of benzene rings is 1. The van der Waals surface area contributed by atoms with Gasteiger partial charge in [-0.05, 0) is 63.2 Å². The zero-order valence-electron chi connectivity index (χ0n) is 14.7. The van der Waals surface area contributed by atoms with Crippen molar-refractivity contribution in [3.05, 3.63) is 35.9 Å². The number of nitrogens with zero attached hydrogens (tertiary/aromatic N) is 2. The zero-order valence-corrected chi connectivity index (χ0v) is 14.7. The van der Waals surface area contributed by atoms with Crippen molar-refractivity contribution in [3.63, 3.8) is 0 Å². The van der Waals surface area contributed by atoms with Gasteiger partial charge in [0.05, 0.1) is 0 Å². The molecule has 0 spiro atoms. The molecule has 4 heteroatoms. The van der Waals surface area contributed by atoms with Crippen molar-refractivity contribution >= 4 is 6.09 Å². The molecule has 0 radical (unpaired) electrons. The summed E-state index contributed by atoms with van der Waals surface area (Å²) in [7, 11) is 0. The largest absolute Gasteiger partial charge is 0.445 e. The topological polar surface area (TPSA) is 32.8 Å². The molecule has 0 bridgehead atoms. The normalized spacial score (nSPS) is 20.1. The van der Waals surface area contributed by atoms with Crippen molar-refractivity contribution in [3.8, 4) is 0 Å². The summed E-state index contributed by atoms with van der Waals surface area (Å²) in [5.41, 5.74) is 1.04. The van der Waals surface area contributed by atoms with Crippen LogP contribution < -0.4 is 0 Å². The molecule has 2 aliphatic rings. The first kappa shape index (κ1) is 17.3. The van der Waals surface area contributed by atoms with Crippen molar-refractivity contribution in [2.45, 2.75) is 45.1 Å². The van der Waals surface area contributed by atoms with Crippen molar-refractivity contribution in [2.24, 2.45) is 5.92 Å². The fourth-order valence-electron chi connectivity index (χ4n) is 3.76. The first-order valence-corrected chi connectivity index (χ1v) is 9.49. The Morgan fingerprint density at radius 3 is 2.42 bits per heavy atom. The Hall–Kier alpha value is -1.55. The van der Waals surface area contributed by atoms with E-state index in [9.17, 15) is 4.79 Å². The minimum absolute atomic E-state index is 0.159. The smallest absolute Gasteiger partial charge is 0.410 e. The number of amides is 1. The number of piperidine rings is 2. The fraction of sp³-hybridized carbons (Fsp3) is 0.650. The van der Waals surface area contributed by atoms with Crippen LogP contribution in [0.1, 0.15) is 44.1 Å². The van der Waals surface area contributed by atoms with E-state index in [-0.39, 0.29) is 6.09 Å². The fourth-order valence-corrected chi connectivity index (χ4v) is 3.76. The molecule has 2 saturated heterocycles. The molecule has 2 fully saturated rings. The number of carbonyl (C=O) groups excluding carboxylic acids is 1. The molecule has 132 valence electrons. The van der Waals surface area contributed by atoms with Gasteiger partial charge in [0.15, 0.2) is 0 Å². The van der Waals surface area contributed by atoms with E-state index in [4.69, 9.17) is 4.74 Å². The summed E-state index contributed by atoms with van der Waals surface area (Å²) >= 11 is 0. The maximum absolute atomic E-state index is 12.2. The maximum atomic E-state index is 12.2. The number of hydrogen-bond donors (Lipinski definition) is 0. The van der Waals surface area contributed by atoms with Crippen molar-refractivity contribution in [2.75, 3.05) is 32.7 Å². The van der Waals surface area contributed by atoms with E-state index in [1.807, 2.05) is 35.2 Å². The van der Waals surface area contributed by atoms with Gasteiger partial charge in [-0.1, -0.05) is 36.8 Å². The Morgan fingerprint density at radius 1 is 1.00 bits per heavy atom. The van der Waals surface area contributed by atoms with Crippen molar-refractivity contribution < 1.29 is 9.53 Å². The van der Waals surface area contributed by atoms with Crippen molar-refractivity contribution in [1.29, 1.82) is 0 Å². The van der Waals surface area contributed by atoms with Crippen LogP contribution in [0.15, 0.2) is 30.3 Å². The number of ether oxygens (including phenoxy) is 1. The maximum Gasteiger partial charge on any atom is 0.410 e. The molecule has 0 aromatic heterocycles. The number of likely N-dealkylation sites (tertiary alicyclic amines) is 2. The summed E-state index contributed by atoms with van der Waals surface area (Å²) in [4.78, 5) is 16.7. The average molecular weight is 330 g/mol. The van der Waals surface area contributed by atoms with Gasteiger partial charge >= 0.3 is 6.09 Å². The number of carbonyl (C=O) groups is 1. The van der Waals surface area contributed by atoms with Gasteiger partial charge in [-0.2, -0.15) is 0 Å². The third-order valence-electron chi connectivity index (χ3n) is 5.38. The van der Waals surface area contributed by atoms with Gasteiger partial charge in [0.1, 0.15) is 6.61 Å². The highest BCUT2D eigenvalue weighted by Gasteiger charge is 2.24. The average Bonchev–Trinajstić information content (AvgIpc) is 2.66. The van der Waals surface area contributed by atoms with E-state index in [0.717, 1.165) is 37.4 Å². The predicted molar refractivity (Wildman–Crippen MR) is 95.8 cm³/mol. The summed E-state index contributed by atoms with van der Waals surface area (Å²) < 4.78 is 5.44. The molecule has 0 aliphatic carbocycles. The monoisotopic (exact) mass is 330 g/mol. The summed E-state index contributed by atoms with van der Waals surface area (Å²) in [5, 5.41) is 0. The lowest BCUT2D eigenvalue weighted by Gasteiger charge is -2.33. The van der Waals surface area contributed by atoms with Gasteiger partial charge in [0.25, 0.3) is 0 Å². The van der Waals surface area contributed by atoms with Crippen LogP contribution in [0.3, 0.4) is 0 Å². The molecule has 24 heavy (non-hydrogen) atoms. The third-order valence-corrected chi connectivity index (χ3v) is 5.38. The highest BCUT2D eigenvalue weighted by Crippen LogP contribution is 2.22. The molecule has 1 aromatic rings. The molecule has 0 unspecified atom stereocenters. The second-order valence-corrected chi connectivity index (χ2v) is 7.16. The number of hydrogen-bond acceptors (Lipinski definition) is 3. The van der Waals surface area contributed by atoms with Crippen LogP contribution in [0.2, 0.25) is 0 Å². The van der Waals surface area contributed by atoms with Crippen LogP contribution in [0.5, 0.6) is 0 Å². The van der Waals surface area contributed by atoms with E-state index < -0.39 is 0 Å². The van der Waals surface area contributed by atoms with Gasteiger partial charge < -0.3 is 14.5 Å². The third kappa shape index (κ3) is 5.23. The van der Waals surface area contributed by atoms with Crippen LogP contribution >= 0.6 is 0 Å². The Morgan fingerprint density at radius 2 is 1.71 bits per heavy atom. The molecule has 0 saturated carbocycles.